The number of aliphatic hydroxyl groups excluding tert-OH is 4. The van der Waals surface area contributed by atoms with Gasteiger partial charge in [-0.2, -0.15) is 0 Å². The molecule has 2 unspecified atom stereocenters. The van der Waals surface area contributed by atoms with E-state index in [9.17, 15) is 9.59 Å². The molecule has 10 nitrogen and oxygen atoms in total. The standard InChI is InChI=1S/C6H14O5.C2H2O5/c7-1-5(9)3-11-4-6(10)2-8;3-1(4)7-2(5)6/h5-10H,1-4H2;(H,3,4)(H,5,6). The summed E-state index contributed by atoms with van der Waals surface area (Å²) in [4.78, 5) is 18.4. The van der Waals surface area contributed by atoms with Gasteiger partial charge >= 0.3 is 12.3 Å². The summed E-state index contributed by atoms with van der Waals surface area (Å²) in [5.74, 6) is 0. The van der Waals surface area contributed by atoms with Crippen molar-refractivity contribution < 1.29 is 49.7 Å². The predicted molar refractivity (Wildman–Crippen MR) is 54.1 cm³/mol. The fraction of sp³-hybridized carbons (Fsp3) is 0.750. The van der Waals surface area contributed by atoms with E-state index in [1.165, 1.54) is 0 Å². The molecule has 0 spiro atoms. The Balaban J connectivity index is 0. The number of rotatable bonds is 6. The summed E-state index contributed by atoms with van der Waals surface area (Å²) in [6.07, 6.45) is -5.46. The summed E-state index contributed by atoms with van der Waals surface area (Å²) in [5.41, 5.74) is 0. The zero-order chi connectivity index (χ0) is 14.6. The number of ether oxygens (including phenoxy) is 2. The van der Waals surface area contributed by atoms with Crippen LogP contribution >= 0.6 is 0 Å². The van der Waals surface area contributed by atoms with Gasteiger partial charge in [-0.3, -0.25) is 0 Å². The molecule has 0 heterocycles. The van der Waals surface area contributed by atoms with Crippen molar-refractivity contribution in [3.05, 3.63) is 0 Å². The number of hydrogen-bond acceptors (Lipinski definition) is 8. The molecular formula is C8H16O10. The highest BCUT2D eigenvalue weighted by Gasteiger charge is 2.05. The quantitative estimate of drug-likeness (QED) is 0.236. The van der Waals surface area contributed by atoms with Crippen molar-refractivity contribution in [1.82, 2.24) is 0 Å². The fourth-order valence-corrected chi connectivity index (χ4v) is 0.520. The summed E-state index contributed by atoms with van der Waals surface area (Å²) >= 11 is 0. The van der Waals surface area contributed by atoms with Gasteiger partial charge in [0, 0.05) is 0 Å². The van der Waals surface area contributed by atoms with Gasteiger partial charge in [0.05, 0.1) is 26.4 Å². The van der Waals surface area contributed by atoms with Crippen LogP contribution in [0.3, 0.4) is 0 Å². The molecule has 108 valence electrons. The topological polar surface area (TPSA) is 174 Å². The molecule has 0 aromatic carbocycles. The lowest BCUT2D eigenvalue weighted by molar-refractivity contribution is -0.0364. The largest absolute Gasteiger partial charge is 0.516 e. The van der Waals surface area contributed by atoms with Crippen LogP contribution < -0.4 is 0 Å². The zero-order valence-corrected chi connectivity index (χ0v) is 9.30. The fourth-order valence-electron chi connectivity index (χ4n) is 0.520. The Morgan fingerprint density at radius 2 is 1.22 bits per heavy atom. The minimum absolute atomic E-state index is 0.0342. The number of hydrogen-bond donors (Lipinski definition) is 6. The summed E-state index contributed by atoms with van der Waals surface area (Å²) in [6, 6.07) is 0. The van der Waals surface area contributed by atoms with Crippen molar-refractivity contribution in [1.29, 1.82) is 0 Å². The molecule has 0 amide bonds. The molecule has 0 aromatic rings. The monoisotopic (exact) mass is 272 g/mol. The Morgan fingerprint density at radius 3 is 1.39 bits per heavy atom. The lowest BCUT2D eigenvalue weighted by Crippen LogP contribution is -2.25. The third kappa shape index (κ3) is 17.0. The molecule has 10 heteroatoms. The van der Waals surface area contributed by atoms with Gasteiger partial charge in [-0.1, -0.05) is 0 Å². The molecule has 6 N–H and O–H groups in total. The van der Waals surface area contributed by atoms with Crippen LogP contribution in [0.25, 0.3) is 0 Å². The smallest absolute Gasteiger partial charge is 0.449 e. The van der Waals surface area contributed by atoms with Crippen LogP contribution in [-0.2, 0) is 9.47 Å². The molecule has 0 aliphatic carbocycles. The van der Waals surface area contributed by atoms with E-state index < -0.39 is 24.5 Å². The maximum Gasteiger partial charge on any atom is 0.516 e. The average molecular weight is 272 g/mol. The molecule has 0 bridgehead atoms. The molecular weight excluding hydrogens is 256 g/mol. The molecule has 0 aromatic heterocycles. The van der Waals surface area contributed by atoms with Crippen LogP contribution in [0.15, 0.2) is 0 Å². The first-order valence-electron chi connectivity index (χ1n) is 4.62. The average Bonchev–Trinajstić information content (AvgIpc) is 2.27. The van der Waals surface area contributed by atoms with Crippen molar-refractivity contribution >= 4 is 12.3 Å². The molecule has 0 rings (SSSR count). The number of carboxylic acid groups (broad SMARTS) is 2. The lowest BCUT2D eigenvalue weighted by Gasteiger charge is -2.10. The molecule has 0 aliphatic rings. The van der Waals surface area contributed by atoms with E-state index in [0.29, 0.717) is 0 Å². The van der Waals surface area contributed by atoms with E-state index in [0.717, 1.165) is 0 Å². The molecule has 2 atom stereocenters. The van der Waals surface area contributed by atoms with Crippen LogP contribution in [0, 0.1) is 0 Å². The Labute approximate surface area is 102 Å². The van der Waals surface area contributed by atoms with Gasteiger partial charge in [-0.15, -0.1) is 0 Å². The second-order valence-electron chi connectivity index (χ2n) is 2.84. The van der Waals surface area contributed by atoms with E-state index in [1.54, 1.807) is 0 Å². The maximum atomic E-state index is 9.21. The SMILES string of the molecule is O=C(O)OC(=O)O.OCC(O)COCC(O)CO. The third-order valence-corrected chi connectivity index (χ3v) is 1.22. The molecule has 0 fully saturated rings. The minimum atomic E-state index is -1.81. The van der Waals surface area contributed by atoms with Crippen molar-refractivity contribution in [2.45, 2.75) is 12.2 Å². The van der Waals surface area contributed by atoms with Crippen LogP contribution in [0.1, 0.15) is 0 Å². The number of aliphatic hydroxyl groups is 4. The highest BCUT2D eigenvalue weighted by atomic mass is 16.7. The van der Waals surface area contributed by atoms with Crippen molar-refractivity contribution in [3.63, 3.8) is 0 Å². The van der Waals surface area contributed by atoms with Crippen LogP contribution in [-0.4, -0.2) is 81.6 Å². The van der Waals surface area contributed by atoms with Crippen LogP contribution in [0.4, 0.5) is 9.59 Å². The van der Waals surface area contributed by atoms with Crippen molar-refractivity contribution in [3.8, 4) is 0 Å². The first-order valence-corrected chi connectivity index (χ1v) is 4.62. The number of carbonyl (C=O) groups is 2. The van der Waals surface area contributed by atoms with Crippen molar-refractivity contribution in [2.24, 2.45) is 0 Å². The molecule has 0 radical (unpaired) electrons. The Hall–Kier alpha value is -1.46. The lowest BCUT2D eigenvalue weighted by atomic mass is 10.4. The Kier molecular flexibility index (Phi) is 12.6. The van der Waals surface area contributed by atoms with E-state index in [-0.39, 0.29) is 26.4 Å². The molecule has 0 aliphatic heterocycles. The minimum Gasteiger partial charge on any atom is -0.449 e. The van der Waals surface area contributed by atoms with Gasteiger partial charge < -0.3 is 40.1 Å². The van der Waals surface area contributed by atoms with Crippen LogP contribution in [0.5, 0.6) is 0 Å². The summed E-state index contributed by atoms with van der Waals surface area (Å²) in [5, 5.41) is 49.0. The normalized spacial score (nSPS) is 12.9. The molecule has 18 heavy (non-hydrogen) atoms. The van der Waals surface area contributed by atoms with Gasteiger partial charge in [-0.05, 0) is 0 Å². The summed E-state index contributed by atoms with van der Waals surface area (Å²) in [7, 11) is 0. The maximum absolute atomic E-state index is 9.21. The molecule has 0 saturated heterocycles. The summed E-state index contributed by atoms with van der Waals surface area (Å²) < 4.78 is 7.80. The van der Waals surface area contributed by atoms with Crippen LogP contribution in [0.2, 0.25) is 0 Å². The van der Waals surface area contributed by atoms with Gasteiger partial charge in [0.1, 0.15) is 12.2 Å². The van der Waals surface area contributed by atoms with Gasteiger partial charge in [-0.25, -0.2) is 9.59 Å². The zero-order valence-electron chi connectivity index (χ0n) is 9.30. The first-order chi connectivity index (χ1) is 8.33. The van der Waals surface area contributed by atoms with E-state index in [2.05, 4.69) is 4.74 Å². The highest BCUT2D eigenvalue weighted by Crippen LogP contribution is 1.87. The second-order valence-corrected chi connectivity index (χ2v) is 2.84. The summed E-state index contributed by atoms with van der Waals surface area (Å²) in [6.45, 7) is -0.800. The predicted octanol–water partition coefficient (Wildman–Crippen LogP) is -1.93. The van der Waals surface area contributed by atoms with E-state index >= 15 is 0 Å². The molecule has 0 saturated carbocycles. The second kappa shape index (κ2) is 12.0. The van der Waals surface area contributed by atoms with E-state index in [1.807, 2.05) is 0 Å². The highest BCUT2D eigenvalue weighted by molar-refractivity contribution is 5.74. The van der Waals surface area contributed by atoms with Gasteiger partial charge in [0.15, 0.2) is 0 Å². The Bertz CT molecular complexity index is 208. The van der Waals surface area contributed by atoms with E-state index in [4.69, 9.17) is 35.4 Å². The first kappa shape index (κ1) is 18.9. The van der Waals surface area contributed by atoms with Crippen molar-refractivity contribution in [2.75, 3.05) is 26.4 Å². The van der Waals surface area contributed by atoms with Gasteiger partial charge in [0.2, 0.25) is 0 Å². The Morgan fingerprint density at radius 1 is 0.889 bits per heavy atom. The van der Waals surface area contributed by atoms with Gasteiger partial charge in [0.25, 0.3) is 0 Å². The third-order valence-electron chi connectivity index (χ3n) is 1.22.